The lowest BCUT2D eigenvalue weighted by atomic mass is 9.75. The van der Waals surface area contributed by atoms with Crippen molar-refractivity contribution in [2.45, 2.75) is 69.9 Å². The van der Waals surface area contributed by atoms with Crippen molar-refractivity contribution in [3.05, 3.63) is 34.9 Å². The molecule has 8 heteroatoms. The van der Waals surface area contributed by atoms with Gasteiger partial charge in [0.15, 0.2) is 0 Å². The zero-order valence-electron chi connectivity index (χ0n) is 19.3. The number of carbonyl (C=O) groups is 3. The zero-order valence-corrected chi connectivity index (χ0v) is 20.1. The van der Waals surface area contributed by atoms with E-state index in [1.807, 2.05) is 12.1 Å². The molecule has 1 fully saturated rings. The molecule has 0 saturated heterocycles. The lowest BCUT2D eigenvalue weighted by molar-refractivity contribution is -0.141. The van der Waals surface area contributed by atoms with Crippen molar-refractivity contribution >= 4 is 29.4 Å². The summed E-state index contributed by atoms with van der Waals surface area (Å²) in [4.78, 5) is 37.3. The largest absolute Gasteiger partial charge is 0.481 e. The summed E-state index contributed by atoms with van der Waals surface area (Å²) in [6.07, 6.45) is 5.33. The van der Waals surface area contributed by atoms with Gasteiger partial charge >= 0.3 is 5.97 Å². The van der Waals surface area contributed by atoms with Gasteiger partial charge in [-0.15, -0.1) is 0 Å². The summed E-state index contributed by atoms with van der Waals surface area (Å²) in [5.41, 5.74) is 1.32. The number of amides is 2. The molecule has 0 heterocycles. The summed E-state index contributed by atoms with van der Waals surface area (Å²) < 4.78 is 0. The molecule has 1 aliphatic carbocycles. The standard InChI is InChI=1S/C24H36ClN3O4/c1-17(23(31)32)12-15-26-21(29)8-9-22(30)27-20-10-13-24(14-11-20,28(2)3)16-18-4-6-19(25)7-5-18/h4-7,17,20H,8-16H2,1-3H3,(H,26,29)(H,27,30)(H,31,32). The number of carbonyl (C=O) groups excluding carboxylic acids is 2. The molecule has 0 aliphatic heterocycles. The second-order valence-corrected chi connectivity index (χ2v) is 9.58. The molecule has 1 aromatic carbocycles. The molecule has 1 aromatic rings. The fraction of sp³-hybridized carbons (Fsp3) is 0.625. The van der Waals surface area contributed by atoms with Gasteiger partial charge in [0.05, 0.1) is 5.92 Å². The Bertz CT molecular complexity index is 774. The molecule has 0 radical (unpaired) electrons. The Hall–Kier alpha value is -2.12. The van der Waals surface area contributed by atoms with Gasteiger partial charge in [-0.1, -0.05) is 30.7 Å². The third-order valence-electron chi connectivity index (χ3n) is 6.58. The number of rotatable bonds is 11. The molecule has 1 saturated carbocycles. The van der Waals surface area contributed by atoms with E-state index < -0.39 is 11.9 Å². The van der Waals surface area contributed by atoms with Crippen molar-refractivity contribution in [1.82, 2.24) is 15.5 Å². The topological polar surface area (TPSA) is 98.7 Å². The maximum Gasteiger partial charge on any atom is 0.306 e. The highest BCUT2D eigenvalue weighted by atomic mass is 35.5. The third kappa shape index (κ3) is 8.10. The van der Waals surface area contributed by atoms with Crippen LogP contribution < -0.4 is 10.6 Å². The number of hydrogen-bond acceptors (Lipinski definition) is 4. The van der Waals surface area contributed by atoms with Gasteiger partial charge in [-0.3, -0.25) is 14.4 Å². The van der Waals surface area contributed by atoms with E-state index in [0.717, 1.165) is 37.1 Å². The lowest BCUT2D eigenvalue weighted by Crippen LogP contribution is -2.52. The molecule has 2 rings (SSSR count). The van der Waals surface area contributed by atoms with Gasteiger partial charge in [-0.25, -0.2) is 0 Å². The minimum Gasteiger partial charge on any atom is -0.481 e. The van der Waals surface area contributed by atoms with Crippen molar-refractivity contribution in [1.29, 1.82) is 0 Å². The van der Waals surface area contributed by atoms with Crippen LogP contribution in [0.25, 0.3) is 0 Å². The number of halogens is 1. The predicted molar refractivity (Wildman–Crippen MR) is 126 cm³/mol. The number of benzene rings is 1. The highest BCUT2D eigenvalue weighted by Crippen LogP contribution is 2.35. The van der Waals surface area contributed by atoms with Crippen molar-refractivity contribution in [3.8, 4) is 0 Å². The Morgan fingerprint density at radius 1 is 1.12 bits per heavy atom. The van der Waals surface area contributed by atoms with Gasteiger partial charge in [0.1, 0.15) is 0 Å². The average molecular weight is 466 g/mol. The molecule has 0 aromatic heterocycles. The van der Waals surface area contributed by atoms with Crippen LogP contribution >= 0.6 is 11.6 Å². The van der Waals surface area contributed by atoms with Crippen LogP contribution in [0.1, 0.15) is 57.4 Å². The molecule has 1 unspecified atom stereocenters. The van der Waals surface area contributed by atoms with Crippen LogP contribution in [0, 0.1) is 5.92 Å². The normalized spacial score (nSPS) is 21.7. The number of carboxylic acids is 1. The minimum atomic E-state index is -0.877. The Morgan fingerprint density at radius 3 is 2.28 bits per heavy atom. The van der Waals surface area contributed by atoms with Crippen molar-refractivity contribution in [2.24, 2.45) is 5.92 Å². The third-order valence-corrected chi connectivity index (χ3v) is 6.83. The molecular formula is C24H36ClN3O4. The van der Waals surface area contributed by atoms with Crippen LogP contribution in [-0.4, -0.2) is 60.0 Å². The van der Waals surface area contributed by atoms with E-state index in [1.165, 1.54) is 5.56 Å². The Labute approximate surface area is 195 Å². The maximum absolute atomic E-state index is 12.3. The van der Waals surface area contributed by atoms with E-state index in [1.54, 1.807) is 6.92 Å². The smallest absolute Gasteiger partial charge is 0.306 e. The second-order valence-electron chi connectivity index (χ2n) is 9.14. The number of nitrogens with one attached hydrogen (secondary N) is 2. The van der Waals surface area contributed by atoms with Gasteiger partial charge < -0.3 is 20.6 Å². The first-order valence-corrected chi connectivity index (χ1v) is 11.7. The molecular weight excluding hydrogens is 430 g/mol. The fourth-order valence-corrected chi connectivity index (χ4v) is 4.36. The molecule has 32 heavy (non-hydrogen) atoms. The van der Waals surface area contributed by atoms with Crippen LogP contribution in [0.15, 0.2) is 24.3 Å². The van der Waals surface area contributed by atoms with Gasteiger partial charge in [0.2, 0.25) is 11.8 Å². The lowest BCUT2D eigenvalue weighted by Gasteiger charge is -2.45. The first-order valence-electron chi connectivity index (χ1n) is 11.3. The summed E-state index contributed by atoms with van der Waals surface area (Å²) in [5, 5.41) is 15.4. The predicted octanol–water partition coefficient (Wildman–Crippen LogP) is 3.25. The van der Waals surface area contributed by atoms with Crippen molar-refractivity contribution in [2.75, 3.05) is 20.6 Å². The highest BCUT2D eigenvalue weighted by Gasteiger charge is 2.37. The van der Waals surface area contributed by atoms with Crippen molar-refractivity contribution < 1.29 is 19.5 Å². The van der Waals surface area contributed by atoms with Crippen LogP contribution in [-0.2, 0) is 20.8 Å². The molecule has 1 aliphatic rings. The molecule has 0 bridgehead atoms. The summed E-state index contributed by atoms with van der Waals surface area (Å²) >= 11 is 6.02. The van der Waals surface area contributed by atoms with Crippen LogP contribution in [0.2, 0.25) is 5.02 Å². The number of nitrogens with zero attached hydrogens (tertiary/aromatic N) is 1. The quantitative estimate of drug-likeness (QED) is 0.466. The average Bonchev–Trinajstić information content (AvgIpc) is 2.75. The van der Waals surface area contributed by atoms with E-state index in [9.17, 15) is 14.4 Å². The molecule has 1 atom stereocenters. The maximum atomic E-state index is 12.3. The summed E-state index contributed by atoms with van der Waals surface area (Å²) in [6, 6.07) is 8.13. The van der Waals surface area contributed by atoms with E-state index in [2.05, 4.69) is 41.8 Å². The number of carboxylic acid groups (broad SMARTS) is 1. The molecule has 7 nitrogen and oxygen atoms in total. The number of aliphatic carboxylic acids is 1. The minimum absolute atomic E-state index is 0.0576. The van der Waals surface area contributed by atoms with Crippen LogP contribution in [0.5, 0.6) is 0 Å². The monoisotopic (exact) mass is 465 g/mol. The molecule has 178 valence electrons. The molecule has 2 amide bonds. The van der Waals surface area contributed by atoms with Gasteiger partial charge in [-0.2, -0.15) is 0 Å². The Balaban J connectivity index is 1.74. The van der Waals surface area contributed by atoms with Crippen LogP contribution in [0.4, 0.5) is 0 Å². The zero-order chi connectivity index (χ0) is 23.7. The van der Waals surface area contributed by atoms with Gasteiger partial charge in [-0.05, 0) is 70.3 Å². The second kappa shape index (κ2) is 12.2. The fourth-order valence-electron chi connectivity index (χ4n) is 4.23. The highest BCUT2D eigenvalue weighted by molar-refractivity contribution is 6.30. The summed E-state index contributed by atoms with van der Waals surface area (Å²) in [5.74, 6) is -1.72. The summed E-state index contributed by atoms with van der Waals surface area (Å²) in [7, 11) is 4.23. The molecule has 0 spiro atoms. The first kappa shape index (κ1) is 26.1. The first-order chi connectivity index (χ1) is 15.1. The summed E-state index contributed by atoms with van der Waals surface area (Å²) in [6.45, 7) is 1.91. The van der Waals surface area contributed by atoms with E-state index >= 15 is 0 Å². The Morgan fingerprint density at radius 2 is 1.72 bits per heavy atom. The van der Waals surface area contributed by atoms with Crippen LogP contribution in [0.3, 0.4) is 0 Å². The number of hydrogen-bond donors (Lipinski definition) is 3. The van der Waals surface area contributed by atoms with E-state index in [0.29, 0.717) is 13.0 Å². The number of likely N-dealkylation sites (N-methyl/N-ethyl adjacent to an activating group) is 1. The van der Waals surface area contributed by atoms with E-state index in [-0.39, 0.29) is 36.2 Å². The van der Waals surface area contributed by atoms with E-state index in [4.69, 9.17) is 16.7 Å². The SMILES string of the molecule is CC(CCNC(=O)CCC(=O)NC1CCC(Cc2ccc(Cl)cc2)(N(C)C)CC1)C(=O)O. The van der Waals surface area contributed by atoms with Gasteiger partial charge in [0.25, 0.3) is 0 Å². The Kier molecular flexibility index (Phi) is 9.97. The molecule has 3 N–H and O–H groups in total. The van der Waals surface area contributed by atoms with Crippen molar-refractivity contribution in [3.63, 3.8) is 0 Å². The van der Waals surface area contributed by atoms with Gasteiger partial charge in [0, 0.05) is 36.0 Å².